The van der Waals surface area contributed by atoms with Crippen LogP contribution in [0.4, 0.5) is 11.4 Å². The van der Waals surface area contributed by atoms with Crippen LogP contribution < -0.4 is 21.7 Å². The van der Waals surface area contributed by atoms with Gasteiger partial charge in [0.05, 0.1) is 12.3 Å². The number of nitrogens with one attached hydrogen (secondary N) is 1. The zero-order valence-electron chi connectivity index (χ0n) is 16.6. The van der Waals surface area contributed by atoms with Crippen molar-refractivity contribution >= 4 is 46.6 Å². The molecule has 2 aromatic rings. The van der Waals surface area contributed by atoms with E-state index in [4.69, 9.17) is 16.2 Å². The summed E-state index contributed by atoms with van der Waals surface area (Å²) in [7, 11) is 0. The number of aromatic nitrogens is 1. The quantitative estimate of drug-likeness (QED) is 0.491. The Bertz CT molecular complexity index is 959. The number of nitrogens with two attached hydrogens (primary N) is 2. The van der Waals surface area contributed by atoms with Gasteiger partial charge in [0.15, 0.2) is 5.69 Å². The molecule has 1 heterocycles. The lowest BCUT2D eigenvalue weighted by molar-refractivity contribution is -0.143. The van der Waals surface area contributed by atoms with Crippen molar-refractivity contribution < 1.29 is 23.9 Å². The average Bonchev–Trinajstić information content (AvgIpc) is 3.11. The van der Waals surface area contributed by atoms with E-state index in [9.17, 15) is 19.2 Å². The largest absolute Gasteiger partial charge is 0.465 e. The van der Waals surface area contributed by atoms with Gasteiger partial charge >= 0.3 is 5.97 Å². The fraction of sp³-hybridized carbons (Fsp3) is 0.316. The van der Waals surface area contributed by atoms with Gasteiger partial charge in [-0.3, -0.25) is 24.1 Å². The van der Waals surface area contributed by atoms with Crippen molar-refractivity contribution in [2.75, 3.05) is 30.3 Å². The maximum Gasteiger partial charge on any atom is 0.325 e. The molecule has 11 heteroatoms. The fourth-order valence-corrected chi connectivity index (χ4v) is 3.43. The summed E-state index contributed by atoms with van der Waals surface area (Å²) >= 11 is 0.728. The van der Waals surface area contributed by atoms with Gasteiger partial charge in [-0.1, -0.05) is 25.1 Å². The third-order valence-electron chi connectivity index (χ3n) is 4.10. The van der Waals surface area contributed by atoms with E-state index in [0.29, 0.717) is 12.1 Å². The lowest BCUT2D eigenvalue weighted by Crippen LogP contribution is -2.43. The molecule has 0 aliphatic carbocycles. The first kappa shape index (κ1) is 22.8. The topological polar surface area (TPSA) is 158 Å². The smallest absolute Gasteiger partial charge is 0.325 e. The number of para-hydroxylation sites is 1. The molecule has 0 radical (unpaired) electrons. The van der Waals surface area contributed by atoms with E-state index in [-0.39, 0.29) is 36.0 Å². The van der Waals surface area contributed by atoms with Crippen LogP contribution in [0.5, 0.6) is 0 Å². The first-order valence-electron chi connectivity index (χ1n) is 9.17. The zero-order valence-corrected chi connectivity index (χ0v) is 17.5. The van der Waals surface area contributed by atoms with E-state index < -0.39 is 23.7 Å². The summed E-state index contributed by atoms with van der Waals surface area (Å²) in [6.45, 7) is 3.06. The highest BCUT2D eigenvalue weighted by Crippen LogP contribution is 2.28. The Kier molecular flexibility index (Phi) is 7.87. The highest BCUT2D eigenvalue weighted by molar-refractivity contribution is 7.09. The number of carbonyl (C=O) groups is 4. The lowest BCUT2D eigenvalue weighted by Gasteiger charge is -2.24. The minimum Gasteiger partial charge on any atom is -0.465 e. The van der Waals surface area contributed by atoms with Crippen LogP contribution in [-0.2, 0) is 20.7 Å². The number of anilines is 2. The van der Waals surface area contributed by atoms with Crippen LogP contribution >= 0.6 is 11.5 Å². The van der Waals surface area contributed by atoms with Crippen LogP contribution in [-0.4, -0.2) is 47.8 Å². The molecule has 0 unspecified atom stereocenters. The number of benzene rings is 1. The highest BCUT2D eigenvalue weighted by Gasteiger charge is 2.28. The number of hydrogen-bond donors (Lipinski definition) is 3. The number of rotatable bonds is 9. The van der Waals surface area contributed by atoms with Gasteiger partial charge in [0.25, 0.3) is 11.8 Å². The molecule has 0 atom stereocenters. The Morgan fingerprint density at radius 3 is 2.50 bits per heavy atom. The summed E-state index contributed by atoms with van der Waals surface area (Å²) < 4.78 is 8.62. The van der Waals surface area contributed by atoms with Crippen LogP contribution in [0.3, 0.4) is 0 Å². The number of ether oxygens (including phenoxy) is 1. The molecule has 0 aliphatic rings. The van der Waals surface area contributed by atoms with Crippen molar-refractivity contribution in [1.82, 2.24) is 9.69 Å². The van der Waals surface area contributed by atoms with Gasteiger partial charge in [0.1, 0.15) is 18.0 Å². The van der Waals surface area contributed by atoms with Gasteiger partial charge in [-0.05, 0) is 36.5 Å². The number of hydrogen-bond acceptors (Lipinski definition) is 8. The predicted molar refractivity (Wildman–Crippen MR) is 112 cm³/mol. The summed E-state index contributed by atoms with van der Waals surface area (Å²) in [5.41, 5.74) is 12.1. The van der Waals surface area contributed by atoms with Gasteiger partial charge in [-0.15, -0.1) is 0 Å². The van der Waals surface area contributed by atoms with E-state index >= 15 is 0 Å². The minimum absolute atomic E-state index is 0.00658. The normalized spacial score (nSPS) is 10.3. The molecule has 10 nitrogen and oxygen atoms in total. The molecule has 0 aliphatic heterocycles. The van der Waals surface area contributed by atoms with Gasteiger partial charge in [-0.25, -0.2) is 0 Å². The number of primary amides is 1. The van der Waals surface area contributed by atoms with Crippen molar-refractivity contribution in [3.8, 4) is 0 Å². The Balaban J connectivity index is 2.34. The minimum atomic E-state index is -0.851. The summed E-state index contributed by atoms with van der Waals surface area (Å²) in [6.07, 6.45) is 0.606. The summed E-state index contributed by atoms with van der Waals surface area (Å²) in [5, 5.41) is 2.42. The molecule has 160 valence electrons. The van der Waals surface area contributed by atoms with Crippen molar-refractivity contribution in [3.05, 3.63) is 40.4 Å². The Morgan fingerprint density at radius 2 is 1.90 bits per heavy atom. The molecule has 1 aromatic carbocycles. The number of aryl methyl sites for hydroxylation is 1. The van der Waals surface area contributed by atoms with Crippen molar-refractivity contribution in [3.63, 3.8) is 0 Å². The van der Waals surface area contributed by atoms with E-state index in [2.05, 4.69) is 9.69 Å². The molecular weight excluding hydrogens is 410 g/mol. The molecule has 5 N–H and O–H groups in total. The molecule has 0 spiro atoms. The van der Waals surface area contributed by atoms with E-state index in [1.165, 1.54) is 4.90 Å². The number of nitrogens with zero attached hydrogens (tertiary/aromatic N) is 2. The third kappa shape index (κ3) is 5.32. The van der Waals surface area contributed by atoms with Gasteiger partial charge in [0, 0.05) is 5.69 Å². The molecule has 1 aromatic heterocycles. The summed E-state index contributed by atoms with van der Waals surface area (Å²) in [6, 6.07) is 7.08. The monoisotopic (exact) mass is 433 g/mol. The Morgan fingerprint density at radius 1 is 1.20 bits per heavy atom. The van der Waals surface area contributed by atoms with E-state index in [1.807, 2.05) is 19.1 Å². The molecule has 3 amide bonds. The van der Waals surface area contributed by atoms with Crippen LogP contribution in [0.1, 0.15) is 39.6 Å². The Labute approximate surface area is 177 Å². The van der Waals surface area contributed by atoms with Crippen LogP contribution in [0.2, 0.25) is 0 Å². The van der Waals surface area contributed by atoms with E-state index in [1.54, 1.807) is 19.1 Å². The molecule has 0 saturated heterocycles. The van der Waals surface area contributed by atoms with Crippen molar-refractivity contribution in [1.29, 1.82) is 0 Å². The molecular formula is C19H23N5O5S. The molecule has 30 heavy (non-hydrogen) atoms. The number of nitrogen functional groups attached to an aromatic ring is 1. The van der Waals surface area contributed by atoms with Crippen LogP contribution in [0, 0.1) is 0 Å². The predicted octanol–water partition coefficient (Wildman–Crippen LogP) is 0.713. The number of esters is 1. The second kappa shape index (κ2) is 10.3. The Hall–Kier alpha value is -3.47. The van der Waals surface area contributed by atoms with Gasteiger partial charge in [0.2, 0.25) is 5.91 Å². The lowest BCUT2D eigenvalue weighted by atomic mass is 10.1. The van der Waals surface area contributed by atoms with Crippen molar-refractivity contribution in [2.24, 2.45) is 5.73 Å². The highest BCUT2D eigenvalue weighted by atomic mass is 32.1. The first-order valence-corrected chi connectivity index (χ1v) is 9.94. The summed E-state index contributed by atoms with van der Waals surface area (Å²) in [4.78, 5) is 49.8. The van der Waals surface area contributed by atoms with Gasteiger partial charge in [-0.2, -0.15) is 4.37 Å². The first-order chi connectivity index (χ1) is 14.3. The zero-order chi connectivity index (χ0) is 22.3. The summed E-state index contributed by atoms with van der Waals surface area (Å²) in [5.74, 6) is -2.61. The van der Waals surface area contributed by atoms with Crippen molar-refractivity contribution in [2.45, 2.75) is 20.3 Å². The molecule has 0 bridgehead atoms. The fourth-order valence-electron chi connectivity index (χ4n) is 2.67. The number of carbonyl (C=O) groups excluding carboxylic acids is 4. The van der Waals surface area contributed by atoms with Gasteiger partial charge < -0.3 is 21.5 Å². The second-order valence-corrected chi connectivity index (χ2v) is 6.87. The van der Waals surface area contributed by atoms with E-state index in [0.717, 1.165) is 17.1 Å². The SMILES string of the molecule is CCOC(=O)CNC(=O)CN(C(=O)c1snc(C(N)=O)c1N)c1ccccc1CC. The van der Waals surface area contributed by atoms with Crippen LogP contribution in [0.25, 0.3) is 0 Å². The molecule has 0 saturated carbocycles. The maximum atomic E-state index is 13.2. The number of amides is 3. The maximum absolute atomic E-state index is 13.2. The third-order valence-corrected chi connectivity index (χ3v) is 4.95. The van der Waals surface area contributed by atoms with Crippen LogP contribution in [0.15, 0.2) is 24.3 Å². The average molecular weight is 433 g/mol. The standard InChI is InChI=1S/C19H23N5O5S/c1-3-11-7-5-6-8-12(11)24(10-13(25)22-9-14(26)29-4-2)19(28)17-15(20)16(18(21)27)23-30-17/h5-8H,3-4,9-10,20H2,1-2H3,(H2,21,27)(H,22,25). The second-order valence-electron chi connectivity index (χ2n) is 6.09. The molecule has 0 fully saturated rings. The molecule has 2 rings (SSSR count).